The number of hydrogen-bond donors (Lipinski definition) is 1. The molecule has 2 heteroatoms. The first-order valence-electron chi connectivity index (χ1n) is 6.40. The summed E-state index contributed by atoms with van der Waals surface area (Å²) in [7, 11) is 0. The third kappa shape index (κ3) is 1.74. The second-order valence-corrected chi connectivity index (χ2v) is 5.51. The molecule has 1 aliphatic heterocycles. The van der Waals surface area contributed by atoms with E-state index in [4.69, 9.17) is 0 Å². The van der Waals surface area contributed by atoms with Gasteiger partial charge in [-0.15, -0.1) is 0 Å². The van der Waals surface area contributed by atoms with Gasteiger partial charge in [-0.25, -0.2) is 0 Å². The molecular weight excluding hydrogens is 186 g/mol. The Morgan fingerprint density at radius 2 is 2.20 bits per heavy atom. The van der Waals surface area contributed by atoms with Crippen LogP contribution >= 0.6 is 0 Å². The van der Waals surface area contributed by atoms with E-state index in [9.17, 15) is 5.11 Å². The van der Waals surface area contributed by atoms with E-state index < -0.39 is 0 Å². The summed E-state index contributed by atoms with van der Waals surface area (Å²) in [5, 5.41) is 9.29. The Balaban J connectivity index is 1.59. The van der Waals surface area contributed by atoms with Crippen LogP contribution in [0.15, 0.2) is 12.2 Å². The Bertz CT molecular complexity index is 263. The minimum absolute atomic E-state index is 0.358. The summed E-state index contributed by atoms with van der Waals surface area (Å²) < 4.78 is 0. The summed E-state index contributed by atoms with van der Waals surface area (Å²) in [5.74, 6) is 2.62. The lowest BCUT2D eigenvalue weighted by molar-refractivity contribution is 0.136. The maximum Gasteiger partial charge on any atom is 0.0586 e. The van der Waals surface area contributed by atoms with Gasteiger partial charge in [0.25, 0.3) is 0 Å². The molecule has 15 heavy (non-hydrogen) atoms. The summed E-state index contributed by atoms with van der Waals surface area (Å²) in [4.78, 5) is 2.53. The van der Waals surface area contributed by atoms with Gasteiger partial charge in [-0.2, -0.15) is 0 Å². The van der Waals surface area contributed by atoms with Gasteiger partial charge in [-0.1, -0.05) is 12.2 Å². The smallest absolute Gasteiger partial charge is 0.0586 e. The lowest BCUT2D eigenvalue weighted by atomic mass is 9.93. The fourth-order valence-corrected chi connectivity index (χ4v) is 3.75. The van der Waals surface area contributed by atoms with Crippen molar-refractivity contribution >= 4 is 0 Å². The Hall–Kier alpha value is -0.340. The Kier molecular flexibility index (Phi) is 2.57. The number of aliphatic hydroxyl groups is 1. The molecule has 2 nitrogen and oxygen atoms in total. The molecule has 1 heterocycles. The van der Waals surface area contributed by atoms with Crippen LogP contribution in [0, 0.1) is 17.8 Å². The van der Waals surface area contributed by atoms with Crippen molar-refractivity contribution in [3.63, 3.8) is 0 Å². The van der Waals surface area contributed by atoms with Crippen molar-refractivity contribution in [3.8, 4) is 0 Å². The maximum absolute atomic E-state index is 9.29. The first kappa shape index (κ1) is 9.86. The van der Waals surface area contributed by atoms with Crippen molar-refractivity contribution in [1.29, 1.82) is 0 Å². The molecular formula is C13H21NO. The summed E-state index contributed by atoms with van der Waals surface area (Å²) in [5.41, 5.74) is 0. The largest absolute Gasteiger partial charge is 0.395 e. The average Bonchev–Trinajstić information content (AvgIpc) is 2.92. The molecule has 84 valence electrons. The van der Waals surface area contributed by atoms with E-state index >= 15 is 0 Å². The highest BCUT2D eigenvalue weighted by Gasteiger charge is 2.37. The predicted octanol–water partition coefficient (Wildman–Crippen LogP) is 1.66. The number of aliphatic hydroxyl groups excluding tert-OH is 1. The van der Waals surface area contributed by atoms with Gasteiger partial charge >= 0.3 is 0 Å². The van der Waals surface area contributed by atoms with Gasteiger partial charge in [-0.05, 0) is 50.0 Å². The van der Waals surface area contributed by atoms with Gasteiger partial charge in [0.05, 0.1) is 6.61 Å². The number of likely N-dealkylation sites (tertiary alicyclic amines) is 1. The van der Waals surface area contributed by atoms with Crippen LogP contribution in [0.5, 0.6) is 0 Å². The third-order valence-corrected chi connectivity index (χ3v) is 4.60. The minimum atomic E-state index is 0.358. The van der Waals surface area contributed by atoms with Gasteiger partial charge in [0, 0.05) is 12.6 Å². The van der Waals surface area contributed by atoms with Crippen molar-refractivity contribution < 1.29 is 5.11 Å². The predicted molar refractivity (Wildman–Crippen MR) is 60.5 cm³/mol. The molecule has 0 aromatic heterocycles. The van der Waals surface area contributed by atoms with Gasteiger partial charge in [-0.3, -0.25) is 4.90 Å². The van der Waals surface area contributed by atoms with Gasteiger partial charge in [0.2, 0.25) is 0 Å². The second kappa shape index (κ2) is 3.91. The quantitative estimate of drug-likeness (QED) is 0.711. The topological polar surface area (TPSA) is 23.5 Å². The summed E-state index contributed by atoms with van der Waals surface area (Å²) >= 11 is 0. The first-order valence-corrected chi connectivity index (χ1v) is 6.40. The highest BCUT2D eigenvalue weighted by Crippen LogP contribution is 2.44. The van der Waals surface area contributed by atoms with E-state index in [2.05, 4.69) is 17.1 Å². The van der Waals surface area contributed by atoms with Crippen LogP contribution < -0.4 is 0 Å². The van der Waals surface area contributed by atoms with Crippen molar-refractivity contribution in [2.45, 2.75) is 31.7 Å². The first-order chi connectivity index (χ1) is 7.36. The molecule has 0 amide bonds. The fourth-order valence-electron chi connectivity index (χ4n) is 3.75. The van der Waals surface area contributed by atoms with Crippen molar-refractivity contribution in [1.82, 2.24) is 4.90 Å². The zero-order chi connectivity index (χ0) is 10.3. The molecule has 1 saturated carbocycles. The standard InChI is InChI=1S/C13H21NO/c15-9-13-2-1-5-14(13)8-12-7-10-3-4-11(12)6-10/h3-4,10-13,15H,1-2,5-9H2. The normalized spacial score (nSPS) is 44.3. The summed E-state index contributed by atoms with van der Waals surface area (Å²) in [6.07, 6.45) is 10.1. The van der Waals surface area contributed by atoms with Gasteiger partial charge in [0.15, 0.2) is 0 Å². The van der Waals surface area contributed by atoms with Gasteiger partial charge < -0.3 is 5.11 Å². The highest BCUT2D eigenvalue weighted by atomic mass is 16.3. The Labute approximate surface area is 92.0 Å². The zero-order valence-corrected chi connectivity index (χ0v) is 9.31. The molecule has 2 bridgehead atoms. The van der Waals surface area contributed by atoms with Crippen LogP contribution in [-0.4, -0.2) is 35.7 Å². The van der Waals surface area contributed by atoms with Crippen LogP contribution in [0.2, 0.25) is 0 Å². The second-order valence-electron chi connectivity index (χ2n) is 5.51. The van der Waals surface area contributed by atoms with Crippen LogP contribution in [0.1, 0.15) is 25.7 Å². The molecule has 4 atom stereocenters. The van der Waals surface area contributed by atoms with E-state index in [1.165, 1.54) is 38.8 Å². The van der Waals surface area contributed by atoms with Crippen LogP contribution in [0.4, 0.5) is 0 Å². The molecule has 0 radical (unpaired) electrons. The zero-order valence-electron chi connectivity index (χ0n) is 9.31. The molecule has 0 spiro atoms. The fraction of sp³-hybridized carbons (Fsp3) is 0.846. The van der Waals surface area contributed by atoms with E-state index in [0.717, 1.165) is 17.8 Å². The molecule has 2 aliphatic carbocycles. The van der Waals surface area contributed by atoms with Crippen LogP contribution in [0.25, 0.3) is 0 Å². The Morgan fingerprint density at radius 3 is 2.87 bits per heavy atom. The average molecular weight is 207 g/mol. The number of allylic oxidation sites excluding steroid dienone is 2. The van der Waals surface area contributed by atoms with E-state index in [-0.39, 0.29) is 0 Å². The SMILES string of the molecule is OCC1CCCN1CC1CC2C=CC1C2. The van der Waals surface area contributed by atoms with E-state index in [1.54, 1.807) is 0 Å². The lowest BCUT2D eigenvalue weighted by Crippen LogP contribution is -2.37. The molecule has 0 aromatic rings. The molecule has 1 N–H and O–H groups in total. The number of hydrogen-bond acceptors (Lipinski definition) is 2. The summed E-state index contributed by atoms with van der Waals surface area (Å²) in [6.45, 7) is 2.80. The number of rotatable bonds is 3. The molecule has 1 saturated heterocycles. The van der Waals surface area contributed by atoms with Crippen molar-refractivity contribution in [3.05, 3.63) is 12.2 Å². The third-order valence-electron chi connectivity index (χ3n) is 4.60. The van der Waals surface area contributed by atoms with E-state index in [1.807, 2.05) is 0 Å². The van der Waals surface area contributed by atoms with Gasteiger partial charge in [0.1, 0.15) is 0 Å². The highest BCUT2D eigenvalue weighted by molar-refractivity contribution is 5.10. The van der Waals surface area contributed by atoms with E-state index in [0.29, 0.717) is 12.6 Å². The van der Waals surface area contributed by atoms with Crippen molar-refractivity contribution in [2.75, 3.05) is 19.7 Å². The molecule has 2 fully saturated rings. The van der Waals surface area contributed by atoms with Crippen molar-refractivity contribution in [2.24, 2.45) is 17.8 Å². The summed E-state index contributed by atoms with van der Waals surface area (Å²) in [6, 6.07) is 0.466. The lowest BCUT2D eigenvalue weighted by Gasteiger charge is -2.28. The van der Waals surface area contributed by atoms with Crippen LogP contribution in [-0.2, 0) is 0 Å². The maximum atomic E-state index is 9.29. The minimum Gasteiger partial charge on any atom is -0.395 e. The molecule has 3 aliphatic rings. The Morgan fingerprint density at radius 1 is 1.27 bits per heavy atom. The molecule has 3 rings (SSSR count). The van der Waals surface area contributed by atoms with Crippen LogP contribution in [0.3, 0.4) is 0 Å². The monoisotopic (exact) mass is 207 g/mol. The number of nitrogens with zero attached hydrogens (tertiary/aromatic N) is 1. The molecule has 4 unspecified atom stereocenters. The number of fused-ring (bicyclic) bond motifs is 2. The molecule has 0 aromatic carbocycles.